The molecule has 0 bridgehead atoms. The predicted octanol–water partition coefficient (Wildman–Crippen LogP) is 4.93. The fraction of sp³-hybridized carbons (Fsp3) is 0.286. The molecule has 0 saturated heterocycles. The molecule has 0 aliphatic rings. The van der Waals surface area contributed by atoms with Crippen LogP contribution in [0.1, 0.15) is 27.9 Å². The van der Waals surface area contributed by atoms with E-state index in [1.54, 1.807) is 30.4 Å². The molecule has 0 spiro atoms. The average molecular weight is 391 g/mol. The summed E-state index contributed by atoms with van der Waals surface area (Å²) in [5, 5.41) is 4.51. The molecule has 0 saturated carbocycles. The summed E-state index contributed by atoms with van der Waals surface area (Å²) in [5.41, 5.74) is 2.53. The van der Waals surface area contributed by atoms with Gasteiger partial charge in [0, 0.05) is 22.2 Å². The van der Waals surface area contributed by atoms with Crippen molar-refractivity contribution in [3.05, 3.63) is 75.3 Å². The van der Waals surface area contributed by atoms with E-state index in [2.05, 4.69) is 24.3 Å². The molecule has 0 fully saturated rings. The van der Waals surface area contributed by atoms with Gasteiger partial charge in [-0.2, -0.15) is 0 Å². The van der Waals surface area contributed by atoms with Gasteiger partial charge in [-0.15, -0.1) is 0 Å². The van der Waals surface area contributed by atoms with Gasteiger partial charge in [0.25, 0.3) is 0 Å². The second-order valence-electron chi connectivity index (χ2n) is 6.40. The monoisotopic (exact) mass is 390 g/mol. The molecule has 0 radical (unpaired) electrons. The number of allylic oxidation sites excluding steroid dienone is 1. The number of nitrogens with one attached hydrogen (secondary N) is 1. The summed E-state index contributed by atoms with van der Waals surface area (Å²) in [4.78, 5) is 14.6. The molecule has 0 aliphatic carbocycles. The number of carbonyl (C=O) groups is 1. The maximum absolute atomic E-state index is 12.4. The third-order valence-electron chi connectivity index (χ3n) is 3.88. The Morgan fingerprint density at radius 2 is 1.96 bits per heavy atom. The van der Waals surface area contributed by atoms with Gasteiger partial charge in [-0.1, -0.05) is 47.5 Å². The molecule has 2 aromatic rings. The summed E-state index contributed by atoms with van der Waals surface area (Å²) >= 11 is 12.0. The van der Waals surface area contributed by atoms with Crippen LogP contribution in [0.2, 0.25) is 10.0 Å². The molecule has 26 heavy (non-hydrogen) atoms. The van der Waals surface area contributed by atoms with Crippen LogP contribution in [-0.4, -0.2) is 37.9 Å². The number of benzene rings is 2. The summed E-state index contributed by atoms with van der Waals surface area (Å²) in [7, 11) is 4.14. The van der Waals surface area contributed by atoms with Gasteiger partial charge in [-0.05, 0) is 75.1 Å². The Morgan fingerprint density at radius 1 is 1.15 bits per heavy atom. The van der Waals surface area contributed by atoms with Crippen molar-refractivity contribution in [1.29, 1.82) is 0 Å². The van der Waals surface area contributed by atoms with Crippen molar-refractivity contribution in [1.82, 2.24) is 10.2 Å². The molecule has 0 heterocycles. The van der Waals surface area contributed by atoms with Gasteiger partial charge < -0.3 is 10.2 Å². The van der Waals surface area contributed by atoms with E-state index in [1.807, 2.05) is 24.3 Å². The van der Waals surface area contributed by atoms with E-state index in [4.69, 9.17) is 23.2 Å². The van der Waals surface area contributed by atoms with Crippen LogP contribution >= 0.6 is 23.2 Å². The third kappa shape index (κ3) is 6.93. The van der Waals surface area contributed by atoms with Crippen LogP contribution in [0.5, 0.6) is 0 Å². The minimum Gasteiger partial charge on any atom is -0.313 e. The van der Waals surface area contributed by atoms with Crippen molar-refractivity contribution in [3.8, 4) is 0 Å². The molecule has 3 nitrogen and oxygen atoms in total. The standard InChI is InChI=1S/C21H24Cl2N2O/c1-25(2)12-4-11-24-15-16-5-3-6-18(13-16)21(26)10-8-17-7-9-19(22)14-20(17)23/h3,5-10,13-14,24H,4,11-12,15H2,1-2H3. The Kier molecular flexibility index (Phi) is 8.33. The van der Waals surface area contributed by atoms with E-state index in [9.17, 15) is 4.79 Å². The number of halogens is 2. The minimum absolute atomic E-state index is 0.0505. The Labute approximate surface area is 165 Å². The van der Waals surface area contributed by atoms with Crippen molar-refractivity contribution < 1.29 is 4.79 Å². The Balaban J connectivity index is 1.93. The quantitative estimate of drug-likeness (QED) is 0.374. The van der Waals surface area contributed by atoms with Crippen LogP contribution in [0.25, 0.3) is 6.08 Å². The van der Waals surface area contributed by atoms with Gasteiger partial charge in [0.2, 0.25) is 0 Å². The molecule has 5 heteroatoms. The zero-order valence-corrected chi connectivity index (χ0v) is 16.6. The van der Waals surface area contributed by atoms with Crippen molar-refractivity contribution >= 4 is 35.1 Å². The molecule has 0 amide bonds. The molecule has 0 atom stereocenters. The number of nitrogens with zero attached hydrogens (tertiary/aromatic N) is 1. The van der Waals surface area contributed by atoms with Crippen LogP contribution in [0.15, 0.2) is 48.5 Å². The summed E-state index contributed by atoms with van der Waals surface area (Å²) < 4.78 is 0. The van der Waals surface area contributed by atoms with Crippen molar-refractivity contribution in [3.63, 3.8) is 0 Å². The molecular formula is C21H24Cl2N2O. The van der Waals surface area contributed by atoms with Crippen molar-refractivity contribution in [2.75, 3.05) is 27.2 Å². The lowest BCUT2D eigenvalue weighted by Crippen LogP contribution is -2.21. The summed E-state index contributed by atoms with van der Waals surface area (Å²) in [6, 6.07) is 12.9. The molecule has 0 aliphatic heterocycles. The summed E-state index contributed by atoms with van der Waals surface area (Å²) in [5.74, 6) is -0.0505. The van der Waals surface area contributed by atoms with Gasteiger partial charge in [0.05, 0.1) is 0 Å². The average Bonchev–Trinajstić information content (AvgIpc) is 2.60. The Morgan fingerprint density at radius 3 is 2.69 bits per heavy atom. The van der Waals surface area contributed by atoms with Gasteiger partial charge in [0.15, 0.2) is 5.78 Å². The van der Waals surface area contributed by atoms with Gasteiger partial charge in [-0.3, -0.25) is 4.79 Å². The Hall–Kier alpha value is -1.65. The zero-order chi connectivity index (χ0) is 18.9. The van der Waals surface area contributed by atoms with E-state index in [0.717, 1.165) is 37.2 Å². The second-order valence-corrected chi connectivity index (χ2v) is 7.24. The number of ketones is 1. The molecule has 0 aromatic heterocycles. The van der Waals surface area contributed by atoms with Crippen LogP contribution in [-0.2, 0) is 6.54 Å². The van der Waals surface area contributed by atoms with E-state index in [-0.39, 0.29) is 5.78 Å². The molecule has 0 unspecified atom stereocenters. The first kappa shape index (κ1) is 20.7. The smallest absolute Gasteiger partial charge is 0.185 e. The predicted molar refractivity (Wildman–Crippen MR) is 111 cm³/mol. The molecule has 2 rings (SSSR count). The topological polar surface area (TPSA) is 32.3 Å². The van der Waals surface area contributed by atoms with E-state index < -0.39 is 0 Å². The fourth-order valence-corrected chi connectivity index (χ4v) is 2.96. The fourth-order valence-electron chi connectivity index (χ4n) is 2.49. The molecule has 138 valence electrons. The number of rotatable bonds is 9. The normalized spacial score (nSPS) is 11.4. The first-order chi connectivity index (χ1) is 12.5. The first-order valence-corrected chi connectivity index (χ1v) is 9.33. The first-order valence-electron chi connectivity index (χ1n) is 8.57. The van der Waals surface area contributed by atoms with Crippen LogP contribution in [0.3, 0.4) is 0 Å². The molecular weight excluding hydrogens is 367 g/mol. The lowest BCUT2D eigenvalue weighted by Gasteiger charge is -2.10. The largest absolute Gasteiger partial charge is 0.313 e. The highest BCUT2D eigenvalue weighted by Gasteiger charge is 2.04. The second kappa shape index (κ2) is 10.5. The van der Waals surface area contributed by atoms with Crippen molar-refractivity contribution in [2.45, 2.75) is 13.0 Å². The Bertz CT molecular complexity index is 772. The van der Waals surface area contributed by atoms with Crippen LogP contribution < -0.4 is 5.32 Å². The number of carbonyl (C=O) groups excluding carboxylic acids is 1. The lowest BCUT2D eigenvalue weighted by molar-refractivity contribution is 0.104. The van der Waals surface area contributed by atoms with Gasteiger partial charge in [-0.25, -0.2) is 0 Å². The van der Waals surface area contributed by atoms with Gasteiger partial charge >= 0.3 is 0 Å². The van der Waals surface area contributed by atoms with E-state index in [1.165, 1.54) is 0 Å². The van der Waals surface area contributed by atoms with E-state index in [0.29, 0.717) is 15.6 Å². The summed E-state index contributed by atoms with van der Waals surface area (Å²) in [6.07, 6.45) is 4.35. The summed E-state index contributed by atoms with van der Waals surface area (Å²) in [6.45, 7) is 2.76. The number of hydrogen-bond acceptors (Lipinski definition) is 3. The maximum Gasteiger partial charge on any atom is 0.185 e. The highest BCUT2D eigenvalue weighted by Crippen LogP contribution is 2.22. The molecule has 1 N–H and O–H groups in total. The third-order valence-corrected chi connectivity index (χ3v) is 4.44. The number of hydrogen-bond donors (Lipinski definition) is 1. The SMILES string of the molecule is CN(C)CCCNCc1cccc(C(=O)C=Cc2ccc(Cl)cc2Cl)c1. The van der Waals surface area contributed by atoms with Crippen LogP contribution in [0, 0.1) is 0 Å². The maximum atomic E-state index is 12.4. The van der Waals surface area contributed by atoms with Gasteiger partial charge in [0.1, 0.15) is 0 Å². The molecule has 2 aromatic carbocycles. The van der Waals surface area contributed by atoms with E-state index >= 15 is 0 Å². The highest BCUT2D eigenvalue weighted by molar-refractivity contribution is 6.35. The minimum atomic E-state index is -0.0505. The zero-order valence-electron chi connectivity index (χ0n) is 15.1. The van der Waals surface area contributed by atoms with Crippen molar-refractivity contribution in [2.24, 2.45) is 0 Å². The highest BCUT2D eigenvalue weighted by atomic mass is 35.5. The van der Waals surface area contributed by atoms with Crippen LogP contribution in [0.4, 0.5) is 0 Å². The lowest BCUT2D eigenvalue weighted by atomic mass is 10.1.